The summed E-state index contributed by atoms with van der Waals surface area (Å²) in [6.07, 6.45) is 0. The molecule has 0 spiro atoms. The van der Waals surface area contributed by atoms with E-state index in [9.17, 15) is 9.59 Å². The largest absolute Gasteiger partial charge is 0.483 e. The fraction of sp³-hybridized carbons (Fsp3) is 0.211. The Hall–Kier alpha value is -1.87. The van der Waals surface area contributed by atoms with Gasteiger partial charge in [0.05, 0.1) is 15.1 Å². The van der Waals surface area contributed by atoms with Crippen molar-refractivity contribution in [3.63, 3.8) is 0 Å². The van der Waals surface area contributed by atoms with Gasteiger partial charge in [-0.05, 0) is 70.0 Å². The molecule has 3 N–H and O–H groups in total. The van der Waals surface area contributed by atoms with Crippen molar-refractivity contribution in [2.45, 2.75) is 19.8 Å². The number of halogens is 3. The van der Waals surface area contributed by atoms with Crippen LogP contribution in [0.4, 0.5) is 0 Å². The lowest BCUT2D eigenvalue weighted by molar-refractivity contribution is -0.123. The maximum Gasteiger partial charge on any atom is 0.276 e. The Balaban J connectivity index is 1.80. The molecule has 2 amide bonds. The number of rotatable bonds is 5. The molecule has 0 fully saturated rings. The molecule has 0 saturated heterocycles. The Bertz CT molecular complexity index is 941. The highest BCUT2D eigenvalue weighted by atomic mass is 79.9. The molecule has 6 nitrogen and oxygen atoms in total. The van der Waals surface area contributed by atoms with E-state index >= 15 is 0 Å². The van der Waals surface area contributed by atoms with Crippen molar-refractivity contribution in [2.24, 2.45) is 0 Å². The van der Waals surface area contributed by atoms with Crippen molar-refractivity contribution in [3.8, 4) is 5.75 Å². The third-order valence-electron chi connectivity index (χ3n) is 3.70. The highest BCUT2D eigenvalue weighted by molar-refractivity contribution is 9.10. The predicted octanol–water partition coefficient (Wildman–Crippen LogP) is 4.59. The van der Waals surface area contributed by atoms with Crippen LogP contribution in [0.1, 0.15) is 35.7 Å². The fourth-order valence-electron chi connectivity index (χ4n) is 2.17. The summed E-state index contributed by atoms with van der Waals surface area (Å²) in [6, 6.07) is 10.1. The molecular formula is C19H18BrCl2N3O3S. The molecule has 0 heterocycles. The zero-order valence-corrected chi connectivity index (χ0v) is 19.4. The molecule has 0 unspecified atom stereocenters. The highest BCUT2D eigenvalue weighted by Gasteiger charge is 2.13. The Kier molecular flexibility index (Phi) is 8.70. The first kappa shape index (κ1) is 23.4. The van der Waals surface area contributed by atoms with Gasteiger partial charge in [-0.1, -0.05) is 43.1 Å². The smallest absolute Gasteiger partial charge is 0.276 e. The number of carbonyl (C=O) groups is 2. The number of thiocarbonyl (C=S) groups is 1. The molecule has 0 saturated carbocycles. The van der Waals surface area contributed by atoms with Gasteiger partial charge in [0.25, 0.3) is 11.8 Å². The molecule has 0 aliphatic carbocycles. The molecule has 10 heteroatoms. The second kappa shape index (κ2) is 10.8. The van der Waals surface area contributed by atoms with Crippen molar-refractivity contribution >= 4 is 68.3 Å². The van der Waals surface area contributed by atoms with Crippen molar-refractivity contribution in [2.75, 3.05) is 6.61 Å². The van der Waals surface area contributed by atoms with Gasteiger partial charge in [0, 0.05) is 5.02 Å². The van der Waals surface area contributed by atoms with Gasteiger partial charge in [0.1, 0.15) is 5.75 Å². The van der Waals surface area contributed by atoms with E-state index in [1.165, 1.54) is 18.2 Å². The van der Waals surface area contributed by atoms with E-state index < -0.39 is 11.8 Å². The van der Waals surface area contributed by atoms with E-state index in [0.717, 1.165) is 10.0 Å². The maximum absolute atomic E-state index is 12.1. The van der Waals surface area contributed by atoms with E-state index in [0.29, 0.717) is 16.7 Å². The Morgan fingerprint density at radius 3 is 2.48 bits per heavy atom. The molecule has 0 aliphatic heterocycles. The number of hydrogen-bond donors (Lipinski definition) is 3. The second-order valence-electron chi connectivity index (χ2n) is 6.21. The van der Waals surface area contributed by atoms with Crippen LogP contribution in [0.15, 0.2) is 40.9 Å². The quantitative estimate of drug-likeness (QED) is 0.398. The standard InChI is InChI=1S/C19H18BrCl2N3O3S/c1-10(2)11-3-6-16(14(20)7-11)28-9-17(26)24-25-19(29)23-18(27)13-5-4-12(21)8-15(13)22/h3-8,10H,9H2,1-2H3,(H,24,26)(H2,23,25,27,29). The molecule has 0 aliphatic rings. The number of benzene rings is 2. The zero-order chi connectivity index (χ0) is 21.6. The summed E-state index contributed by atoms with van der Waals surface area (Å²) < 4.78 is 6.24. The summed E-state index contributed by atoms with van der Waals surface area (Å²) in [5, 5.41) is 2.89. The van der Waals surface area contributed by atoms with E-state index in [-0.39, 0.29) is 22.3 Å². The van der Waals surface area contributed by atoms with E-state index in [1.807, 2.05) is 12.1 Å². The maximum atomic E-state index is 12.1. The van der Waals surface area contributed by atoms with Gasteiger partial charge in [-0.25, -0.2) is 0 Å². The monoisotopic (exact) mass is 517 g/mol. The predicted molar refractivity (Wildman–Crippen MR) is 122 cm³/mol. The van der Waals surface area contributed by atoms with Crippen LogP contribution in [-0.2, 0) is 4.79 Å². The van der Waals surface area contributed by atoms with Crippen molar-refractivity contribution in [3.05, 3.63) is 62.0 Å². The number of carbonyl (C=O) groups excluding carboxylic acids is 2. The average Bonchev–Trinajstić information content (AvgIpc) is 2.65. The zero-order valence-electron chi connectivity index (χ0n) is 15.5. The van der Waals surface area contributed by atoms with Gasteiger partial charge in [0.15, 0.2) is 11.7 Å². The van der Waals surface area contributed by atoms with E-state index in [1.54, 1.807) is 6.07 Å². The lowest BCUT2D eigenvalue weighted by Crippen LogP contribution is -2.49. The number of hydrazine groups is 1. The summed E-state index contributed by atoms with van der Waals surface area (Å²) in [6.45, 7) is 3.93. The molecular weight excluding hydrogens is 501 g/mol. The van der Waals surface area contributed by atoms with Gasteiger partial charge in [-0.3, -0.25) is 25.8 Å². The van der Waals surface area contributed by atoms with Gasteiger partial charge >= 0.3 is 0 Å². The average molecular weight is 519 g/mol. The SMILES string of the molecule is CC(C)c1ccc(OCC(=O)NNC(=S)NC(=O)c2ccc(Cl)cc2Cl)c(Br)c1. The van der Waals surface area contributed by atoms with Crippen molar-refractivity contribution in [1.82, 2.24) is 16.2 Å². The summed E-state index contributed by atoms with van der Waals surface area (Å²) in [7, 11) is 0. The Morgan fingerprint density at radius 2 is 1.86 bits per heavy atom. The van der Waals surface area contributed by atoms with Gasteiger partial charge in [-0.2, -0.15) is 0 Å². The van der Waals surface area contributed by atoms with E-state index in [2.05, 4.69) is 45.9 Å². The van der Waals surface area contributed by atoms with Crippen LogP contribution in [0.25, 0.3) is 0 Å². The van der Waals surface area contributed by atoms with Gasteiger partial charge in [-0.15, -0.1) is 0 Å². The van der Waals surface area contributed by atoms with E-state index in [4.69, 9.17) is 40.2 Å². The topological polar surface area (TPSA) is 79.5 Å². The molecule has 0 aromatic heterocycles. The van der Waals surface area contributed by atoms with Crippen molar-refractivity contribution in [1.29, 1.82) is 0 Å². The number of nitrogens with one attached hydrogen (secondary N) is 3. The van der Waals surface area contributed by atoms with Crippen LogP contribution < -0.4 is 20.9 Å². The third kappa shape index (κ3) is 7.15. The minimum Gasteiger partial charge on any atom is -0.483 e. The molecule has 2 aromatic rings. The van der Waals surface area contributed by atoms with Crippen LogP contribution in [0.3, 0.4) is 0 Å². The molecule has 0 atom stereocenters. The molecule has 0 bridgehead atoms. The normalized spacial score (nSPS) is 10.4. The second-order valence-corrected chi connectivity index (χ2v) is 8.32. The first-order chi connectivity index (χ1) is 13.7. The molecule has 29 heavy (non-hydrogen) atoms. The molecule has 2 aromatic carbocycles. The summed E-state index contributed by atoms with van der Waals surface area (Å²) in [5.74, 6) is -0.0977. The minimum absolute atomic E-state index is 0.100. The van der Waals surface area contributed by atoms with Crippen molar-refractivity contribution < 1.29 is 14.3 Å². The summed E-state index contributed by atoms with van der Waals surface area (Å²) >= 11 is 20.2. The first-order valence-electron chi connectivity index (χ1n) is 8.45. The van der Waals surface area contributed by atoms with Crippen LogP contribution in [0, 0.1) is 0 Å². The van der Waals surface area contributed by atoms with Crippen LogP contribution in [-0.4, -0.2) is 23.5 Å². The Labute approximate surface area is 192 Å². The molecule has 154 valence electrons. The van der Waals surface area contributed by atoms with Crippen LogP contribution in [0.2, 0.25) is 10.0 Å². The lowest BCUT2D eigenvalue weighted by atomic mass is 10.0. The number of amides is 2. The third-order valence-corrected chi connectivity index (χ3v) is 5.07. The number of hydrogen-bond acceptors (Lipinski definition) is 4. The molecule has 0 radical (unpaired) electrons. The Morgan fingerprint density at radius 1 is 1.14 bits per heavy atom. The van der Waals surface area contributed by atoms with Gasteiger partial charge in [0.2, 0.25) is 0 Å². The lowest BCUT2D eigenvalue weighted by Gasteiger charge is -2.13. The first-order valence-corrected chi connectivity index (χ1v) is 10.4. The minimum atomic E-state index is -0.538. The van der Waals surface area contributed by atoms with Crippen LogP contribution in [0.5, 0.6) is 5.75 Å². The fourth-order valence-corrected chi connectivity index (χ4v) is 3.32. The summed E-state index contributed by atoms with van der Waals surface area (Å²) in [5.41, 5.74) is 6.12. The molecule has 2 rings (SSSR count). The highest BCUT2D eigenvalue weighted by Crippen LogP contribution is 2.28. The number of ether oxygens (including phenoxy) is 1. The summed E-state index contributed by atoms with van der Waals surface area (Å²) in [4.78, 5) is 24.1. The van der Waals surface area contributed by atoms with Crippen LogP contribution >= 0.6 is 51.3 Å². The van der Waals surface area contributed by atoms with Gasteiger partial charge < -0.3 is 4.74 Å².